The number of hydrogen-bond donors (Lipinski definition) is 1. The summed E-state index contributed by atoms with van der Waals surface area (Å²) >= 11 is 0. The van der Waals surface area contributed by atoms with E-state index in [9.17, 15) is 0 Å². The summed E-state index contributed by atoms with van der Waals surface area (Å²) in [4.78, 5) is 13.9. The lowest BCUT2D eigenvalue weighted by atomic mass is 9.83. The molecular formula is C18H29N5O. The van der Waals surface area contributed by atoms with Crippen molar-refractivity contribution in [2.24, 2.45) is 5.92 Å². The van der Waals surface area contributed by atoms with Crippen LogP contribution in [0.15, 0.2) is 6.20 Å². The van der Waals surface area contributed by atoms with Gasteiger partial charge < -0.3 is 20.3 Å². The molecule has 0 radical (unpaired) electrons. The van der Waals surface area contributed by atoms with Gasteiger partial charge in [0, 0.05) is 32.4 Å². The van der Waals surface area contributed by atoms with Crippen LogP contribution in [0, 0.1) is 5.92 Å². The first-order chi connectivity index (χ1) is 11.7. The molecule has 1 spiro atoms. The molecule has 1 aromatic rings. The van der Waals surface area contributed by atoms with E-state index in [1.54, 1.807) is 0 Å². The minimum Gasteiger partial charge on any atom is -0.368 e. The van der Waals surface area contributed by atoms with Crippen LogP contribution in [0.25, 0.3) is 0 Å². The third kappa shape index (κ3) is 3.03. The maximum absolute atomic E-state index is 6.26. The summed E-state index contributed by atoms with van der Waals surface area (Å²) < 4.78 is 6.26. The van der Waals surface area contributed by atoms with Crippen LogP contribution in [0.5, 0.6) is 0 Å². The Bertz CT molecular complexity index is 585. The van der Waals surface area contributed by atoms with Crippen molar-refractivity contribution in [3.63, 3.8) is 0 Å². The highest BCUT2D eigenvalue weighted by atomic mass is 16.5. The first-order valence-electron chi connectivity index (χ1n) is 9.39. The van der Waals surface area contributed by atoms with Crippen molar-refractivity contribution in [1.29, 1.82) is 0 Å². The first-order valence-corrected chi connectivity index (χ1v) is 9.39. The molecule has 0 bridgehead atoms. The molecule has 24 heavy (non-hydrogen) atoms. The molecule has 3 aliphatic rings. The van der Waals surface area contributed by atoms with Crippen molar-refractivity contribution < 1.29 is 4.74 Å². The molecule has 2 fully saturated rings. The van der Waals surface area contributed by atoms with Crippen molar-refractivity contribution in [2.45, 2.75) is 38.2 Å². The molecular weight excluding hydrogens is 302 g/mol. The number of ether oxygens (including phenoxy) is 1. The molecule has 2 N–H and O–H groups in total. The lowest BCUT2D eigenvalue weighted by Crippen LogP contribution is -2.48. The van der Waals surface area contributed by atoms with E-state index in [-0.39, 0.29) is 5.60 Å². The summed E-state index contributed by atoms with van der Waals surface area (Å²) in [6, 6.07) is 0. The van der Waals surface area contributed by atoms with Crippen LogP contribution in [-0.4, -0.2) is 65.6 Å². The summed E-state index contributed by atoms with van der Waals surface area (Å²) in [6.07, 6.45) is 6.17. The Labute approximate surface area is 144 Å². The highest BCUT2D eigenvalue weighted by molar-refractivity contribution is 5.32. The fourth-order valence-corrected chi connectivity index (χ4v) is 4.61. The topological polar surface area (TPSA) is 67.5 Å². The van der Waals surface area contributed by atoms with E-state index in [2.05, 4.69) is 26.7 Å². The van der Waals surface area contributed by atoms with E-state index in [1.165, 1.54) is 38.2 Å². The summed E-state index contributed by atoms with van der Waals surface area (Å²) in [5.74, 6) is 1.20. The number of nitrogens with two attached hydrogens (primary N) is 1. The highest BCUT2D eigenvalue weighted by Crippen LogP contribution is 2.40. The molecule has 1 atom stereocenters. The molecule has 132 valence electrons. The summed E-state index contributed by atoms with van der Waals surface area (Å²) in [5, 5.41) is 0. The molecule has 1 unspecified atom stereocenters. The Hall–Kier alpha value is -1.24. The average molecular weight is 331 g/mol. The molecule has 0 aliphatic carbocycles. The van der Waals surface area contributed by atoms with E-state index >= 15 is 0 Å². The van der Waals surface area contributed by atoms with Crippen LogP contribution in [0.1, 0.15) is 37.4 Å². The fourth-order valence-electron chi connectivity index (χ4n) is 4.61. The normalized spacial score (nSPS) is 27.5. The third-order valence-corrected chi connectivity index (χ3v) is 6.06. The fraction of sp³-hybridized carbons (Fsp3) is 0.778. The number of likely N-dealkylation sites (tertiary alicyclic amines) is 2. The molecule has 4 heterocycles. The number of rotatable bonds is 3. The quantitative estimate of drug-likeness (QED) is 0.899. The van der Waals surface area contributed by atoms with Crippen molar-refractivity contribution >= 4 is 5.95 Å². The van der Waals surface area contributed by atoms with Crippen molar-refractivity contribution in [3.8, 4) is 0 Å². The molecule has 6 heteroatoms. The van der Waals surface area contributed by atoms with Gasteiger partial charge in [0.25, 0.3) is 0 Å². The Morgan fingerprint density at radius 1 is 1.29 bits per heavy atom. The molecule has 0 saturated carbocycles. The number of fused-ring (bicyclic) bond motifs is 2. The SMILES string of the molecule is CCN1CCC(CN2CCC3(CC2)OCCc2cnc(N)nc23)C1. The smallest absolute Gasteiger partial charge is 0.220 e. The average Bonchev–Trinajstić information content (AvgIpc) is 3.06. The molecule has 3 aliphatic heterocycles. The van der Waals surface area contributed by atoms with Crippen LogP contribution >= 0.6 is 0 Å². The van der Waals surface area contributed by atoms with Crippen LogP contribution in [0.4, 0.5) is 5.95 Å². The zero-order valence-corrected chi connectivity index (χ0v) is 14.7. The van der Waals surface area contributed by atoms with Crippen LogP contribution in [0.3, 0.4) is 0 Å². The van der Waals surface area contributed by atoms with E-state index in [1.807, 2.05) is 6.20 Å². The van der Waals surface area contributed by atoms with Gasteiger partial charge in [0.1, 0.15) is 5.60 Å². The first kappa shape index (κ1) is 16.2. The number of aromatic nitrogens is 2. The number of nitrogen functional groups attached to an aromatic ring is 1. The van der Waals surface area contributed by atoms with Crippen molar-refractivity contribution in [1.82, 2.24) is 19.8 Å². The van der Waals surface area contributed by atoms with Gasteiger partial charge in [-0.25, -0.2) is 9.97 Å². The number of hydrogen-bond acceptors (Lipinski definition) is 6. The Morgan fingerprint density at radius 3 is 2.88 bits per heavy atom. The van der Waals surface area contributed by atoms with Gasteiger partial charge in [-0.1, -0.05) is 6.92 Å². The Kier molecular flexibility index (Phi) is 4.45. The number of piperidine rings is 1. The largest absolute Gasteiger partial charge is 0.368 e. The molecule has 0 aromatic carbocycles. The molecule has 0 amide bonds. The van der Waals surface area contributed by atoms with Gasteiger partial charge in [0.2, 0.25) is 5.95 Å². The lowest BCUT2D eigenvalue weighted by molar-refractivity contribution is -0.102. The van der Waals surface area contributed by atoms with Gasteiger partial charge >= 0.3 is 0 Å². The molecule has 6 nitrogen and oxygen atoms in total. The minimum absolute atomic E-state index is 0.230. The highest BCUT2D eigenvalue weighted by Gasteiger charge is 2.42. The maximum Gasteiger partial charge on any atom is 0.220 e. The zero-order valence-electron chi connectivity index (χ0n) is 14.7. The van der Waals surface area contributed by atoms with E-state index in [0.717, 1.165) is 50.6 Å². The zero-order chi connectivity index (χ0) is 16.6. The Morgan fingerprint density at radius 2 is 2.12 bits per heavy atom. The van der Waals surface area contributed by atoms with Gasteiger partial charge in [-0.2, -0.15) is 0 Å². The predicted octanol–water partition coefficient (Wildman–Crippen LogP) is 1.26. The third-order valence-electron chi connectivity index (χ3n) is 6.06. The minimum atomic E-state index is -0.230. The second-order valence-corrected chi connectivity index (χ2v) is 7.54. The van der Waals surface area contributed by atoms with Crippen molar-refractivity contribution in [2.75, 3.05) is 51.6 Å². The van der Waals surface area contributed by atoms with Crippen LogP contribution < -0.4 is 5.73 Å². The van der Waals surface area contributed by atoms with Gasteiger partial charge in [-0.3, -0.25) is 0 Å². The molecule has 2 saturated heterocycles. The predicted molar refractivity (Wildman–Crippen MR) is 93.7 cm³/mol. The number of nitrogens with zero attached hydrogens (tertiary/aromatic N) is 4. The Balaban J connectivity index is 1.41. The van der Waals surface area contributed by atoms with E-state index in [4.69, 9.17) is 10.5 Å². The summed E-state index contributed by atoms with van der Waals surface area (Å²) in [5.41, 5.74) is 7.89. The molecule has 1 aromatic heterocycles. The number of anilines is 1. The second-order valence-electron chi connectivity index (χ2n) is 7.54. The second kappa shape index (κ2) is 6.58. The summed E-state index contributed by atoms with van der Waals surface area (Å²) in [7, 11) is 0. The van der Waals surface area contributed by atoms with E-state index in [0.29, 0.717) is 5.95 Å². The van der Waals surface area contributed by atoms with Gasteiger partial charge in [-0.05, 0) is 50.3 Å². The monoisotopic (exact) mass is 331 g/mol. The lowest BCUT2D eigenvalue weighted by Gasteiger charge is -2.44. The molecule has 4 rings (SSSR count). The van der Waals surface area contributed by atoms with E-state index < -0.39 is 0 Å². The van der Waals surface area contributed by atoms with Gasteiger partial charge in [0.05, 0.1) is 12.3 Å². The standard InChI is InChI=1S/C18H29N5O/c1-2-22-7-3-14(12-22)13-23-8-5-18(6-9-23)16-15(4-10-24-18)11-20-17(19)21-16/h11,14H,2-10,12-13H2,1H3,(H2,19,20,21). The van der Waals surface area contributed by atoms with Crippen molar-refractivity contribution in [3.05, 3.63) is 17.5 Å². The summed E-state index contributed by atoms with van der Waals surface area (Å²) in [6.45, 7) is 10.2. The van der Waals surface area contributed by atoms with Crippen LogP contribution in [0.2, 0.25) is 0 Å². The maximum atomic E-state index is 6.26. The van der Waals surface area contributed by atoms with Gasteiger partial charge in [0.15, 0.2) is 0 Å². The van der Waals surface area contributed by atoms with Crippen LogP contribution in [-0.2, 0) is 16.8 Å². The van der Waals surface area contributed by atoms with Gasteiger partial charge in [-0.15, -0.1) is 0 Å².